The van der Waals surface area contributed by atoms with E-state index in [1.165, 1.54) is 11.8 Å². The van der Waals surface area contributed by atoms with E-state index in [-0.39, 0.29) is 0 Å². The zero-order chi connectivity index (χ0) is 20.8. The molecule has 0 bridgehead atoms. The Morgan fingerprint density at radius 2 is 1.97 bits per heavy atom. The van der Waals surface area contributed by atoms with Gasteiger partial charge in [-0.1, -0.05) is 21.1 Å². The number of amides is 1. The number of nitrogens with one attached hydrogen (secondary N) is 1. The molecule has 0 saturated carbocycles. The van der Waals surface area contributed by atoms with Crippen molar-refractivity contribution < 1.29 is 18.8 Å². The highest BCUT2D eigenvalue weighted by Crippen LogP contribution is 2.27. The summed E-state index contributed by atoms with van der Waals surface area (Å²) in [4.78, 5) is 28.8. The van der Waals surface area contributed by atoms with Gasteiger partial charge in [-0.15, -0.1) is 11.8 Å². The Balaban J connectivity index is 1.59. The fourth-order valence-electron chi connectivity index (χ4n) is 2.45. The van der Waals surface area contributed by atoms with E-state index in [1.807, 2.05) is 13.8 Å². The smallest absolute Gasteiger partial charge is 0.341 e. The second-order valence-electron chi connectivity index (χ2n) is 6.08. The Hall–Kier alpha value is -2.65. The summed E-state index contributed by atoms with van der Waals surface area (Å²) in [5, 5.41) is 7.12. The molecule has 3 rings (SSSR count). The first kappa shape index (κ1) is 21.1. The molecule has 0 spiro atoms. The number of aryl methyl sites for hydroxylation is 2. The van der Waals surface area contributed by atoms with Crippen molar-refractivity contribution in [2.24, 2.45) is 0 Å². The first-order valence-corrected chi connectivity index (χ1v) is 10.4. The number of esters is 1. The van der Waals surface area contributed by atoms with Crippen LogP contribution >= 0.6 is 27.7 Å². The molecule has 7 nitrogen and oxygen atoms in total. The molecule has 1 aromatic carbocycles. The predicted octanol–water partition coefficient (Wildman–Crippen LogP) is 4.54. The number of ether oxygens (including phenoxy) is 1. The minimum absolute atomic E-state index is 0.306. The first-order chi connectivity index (χ1) is 13.9. The van der Waals surface area contributed by atoms with Crippen LogP contribution in [0.15, 0.2) is 56.6 Å². The summed E-state index contributed by atoms with van der Waals surface area (Å²) in [6.07, 6.45) is 1.60. The van der Waals surface area contributed by atoms with E-state index in [0.717, 1.165) is 21.5 Å². The first-order valence-electron chi connectivity index (χ1n) is 8.66. The van der Waals surface area contributed by atoms with E-state index in [1.54, 1.807) is 42.6 Å². The number of nitrogens with zero attached hydrogens (tertiary/aromatic N) is 2. The van der Waals surface area contributed by atoms with Gasteiger partial charge >= 0.3 is 5.97 Å². The summed E-state index contributed by atoms with van der Waals surface area (Å²) >= 11 is 4.71. The van der Waals surface area contributed by atoms with Gasteiger partial charge in [-0.2, -0.15) is 0 Å². The molecule has 2 aromatic heterocycles. The van der Waals surface area contributed by atoms with Crippen molar-refractivity contribution in [3.8, 4) is 0 Å². The second-order valence-corrected chi connectivity index (χ2v) is 7.96. The molecule has 2 heterocycles. The highest BCUT2D eigenvalue weighted by molar-refractivity contribution is 9.10. The van der Waals surface area contributed by atoms with E-state index in [2.05, 4.69) is 31.4 Å². The Kier molecular flexibility index (Phi) is 7.05. The van der Waals surface area contributed by atoms with Crippen LogP contribution < -0.4 is 5.32 Å². The Bertz CT molecular complexity index is 1000. The predicted molar refractivity (Wildman–Crippen MR) is 113 cm³/mol. The maximum atomic E-state index is 12.5. The van der Waals surface area contributed by atoms with Crippen LogP contribution in [0.25, 0.3) is 0 Å². The third-order valence-corrected chi connectivity index (χ3v) is 5.55. The lowest BCUT2D eigenvalue weighted by Crippen LogP contribution is -2.21. The molecule has 0 saturated heterocycles. The molecule has 0 unspecified atom stereocenters. The number of carbonyl (C=O) groups excluding carboxylic acids is 2. The van der Waals surface area contributed by atoms with Crippen LogP contribution in [0.4, 0.5) is 5.69 Å². The molecule has 0 aliphatic heterocycles. The van der Waals surface area contributed by atoms with Crippen LogP contribution in [0.5, 0.6) is 0 Å². The van der Waals surface area contributed by atoms with Gasteiger partial charge in [0.15, 0.2) is 6.61 Å². The number of rotatable bonds is 7. The zero-order valence-electron chi connectivity index (χ0n) is 15.8. The summed E-state index contributed by atoms with van der Waals surface area (Å²) < 4.78 is 11.2. The van der Waals surface area contributed by atoms with Crippen molar-refractivity contribution in [3.63, 3.8) is 0 Å². The molecule has 0 fully saturated rings. The SMILES string of the molecule is Cc1noc(C)c1CSc1ncccc1C(=O)OCC(=O)Nc1ccc(Br)cc1. The van der Waals surface area contributed by atoms with Crippen molar-refractivity contribution in [2.45, 2.75) is 24.6 Å². The largest absolute Gasteiger partial charge is 0.452 e. The van der Waals surface area contributed by atoms with Gasteiger partial charge in [-0.05, 0) is 50.2 Å². The number of benzene rings is 1. The van der Waals surface area contributed by atoms with Crippen LogP contribution in [0.1, 0.15) is 27.4 Å². The Morgan fingerprint density at radius 1 is 1.21 bits per heavy atom. The third kappa shape index (κ3) is 5.68. The average molecular weight is 476 g/mol. The van der Waals surface area contributed by atoms with Crippen molar-refractivity contribution in [1.29, 1.82) is 0 Å². The lowest BCUT2D eigenvalue weighted by Gasteiger charge is -2.09. The van der Waals surface area contributed by atoms with E-state index in [4.69, 9.17) is 9.26 Å². The van der Waals surface area contributed by atoms with Crippen molar-refractivity contribution in [1.82, 2.24) is 10.1 Å². The van der Waals surface area contributed by atoms with E-state index < -0.39 is 18.5 Å². The fourth-order valence-corrected chi connectivity index (χ4v) is 3.85. The van der Waals surface area contributed by atoms with Crippen LogP contribution in [-0.2, 0) is 15.3 Å². The van der Waals surface area contributed by atoms with Crippen molar-refractivity contribution in [2.75, 3.05) is 11.9 Å². The summed E-state index contributed by atoms with van der Waals surface area (Å²) in [7, 11) is 0. The van der Waals surface area contributed by atoms with E-state index in [0.29, 0.717) is 22.0 Å². The highest BCUT2D eigenvalue weighted by Gasteiger charge is 2.17. The van der Waals surface area contributed by atoms with Crippen LogP contribution in [0.3, 0.4) is 0 Å². The Labute approximate surface area is 180 Å². The van der Waals surface area contributed by atoms with E-state index in [9.17, 15) is 9.59 Å². The monoisotopic (exact) mass is 475 g/mol. The zero-order valence-corrected chi connectivity index (χ0v) is 18.2. The number of carbonyl (C=O) groups is 2. The van der Waals surface area contributed by atoms with Crippen LogP contribution in [-0.4, -0.2) is 28.6 Å². The summed E-state index contributed by atoms with van der Waals surface area (Å²) in [6, 6.07) is 10.4. The quantitative estimate of drug-likeness (QED) is 0.395. The maximum absolute atomic E-state index is 12.5. The topological polar surface area (TPSA) is 94.3 Å². The normalized spacial score (nSPS) is 10.6. The average Bonchev–Trinajstić information content (AvgIpc) is 3.04. The molecule has 0 atom stereocenters. The van der Waals surface area contributed by atoms with E-state index >= 15 is 0 Å². The number of hydrogen-bond acceptors (Lipinski definition) is 7. The van der Waals surface area contributed by atoms with Gasteiger partial charge in [0, 0.05) is 27.7 Å². The third-order valence-electron chi connectivity index (χ3n) is 3.99. The van der Waals surface area contributed by atoms with Gasteiger partial charge in [0.2, 0.25) is 0 Å². The van der Waals surface area contributed by atoms with Crippen molar-refractivity contribution >= 4 is 45.3 Å². The molecule has 1 N–H and O–H groups in total. The molecular formula is C20H18BrN3O4S. The van der Waals surface area contributed by atoms with Crippen molar-refractivity contribution in [3.05, 3.63) is 69.6 Å². The second kappa shape index (κ2) is 9.71. The molecule has 9 heteroatoms. The number of halogens is 1. The van der Waals surface area contributed by atoms with Gasteiger partial charge in [0.1, 0.15) is 10.8 Å². The highest BCUT2D eigenvalue weighted by atomic mass is 79.9. The number of aromatic nitrogens is 2. The number of pyridine rings is 1. The molecule has 150 valence electrons. The molecule has 3 aromatic rings. The minimum Gasteiger partial charge on any atom is -0.452 e. The molecule has 1 amide bonds. The van der Waals surface area contributed by atoms with Gasteiger partial charge < -0.3 is 14.6 Å². The van der Waals surface area contributed by atoms with Crippen LogP contribution in [0.2, 0.25) is 0 Å². The maximum Gasteiger partial charge on any atom is 0.341 e. The lowest BCUT2D eigenvalue weighted by molar-refractivity contribution is -0.119. The molecule has 29 heavy (non-hydrogen) atoms. The molecule has 0 aliphatic carbocycles. The number of anilines is 1. The molecule has 0 radical (unpaired) electrons. The lowest BCUT2D eigenvalue weighted by atomic mass is 10.2. The van der Waals surface area contributed by atoms with Crippen LogP contribution in [0, 0.1) is 13.8 Å². The number of thioether (sulfide) groups is 1. The van der Waals surface area contributed by atoms with Gasteiger partial charge in [-0.3, -0.25) is 4.79 Å². The number of hydrogen-bond donors (Lipinski definition) is 1. The van der Waals surface area contributed by atoms with Gasteiger partial charge in [0.25, 0.3) is 5.91 Å². The minimum atomic E-state index is -0.606. The summed E-state index contributed by atoms with van der Waals surface area (Å²) in [5.41, 5.74) is 2.69. The standard InChI is InChI=1S/C20H18BrN3O4S/c1-12-17(13(2)28-24-12)11-29-19-16(4-3-9-22-19)20(26)27-10-18(25)23-15-7-5-14(21)6-8-15/h3-9H,10-11H2,1-2H3,(H,23,25). The van der Waals surface area contributed by atoms with Gasteiger partial charge in [-0.25, -0.2) is 9.78 Å². The molecule has 0 aliphatic rings. The fraction of sp³-hybridized carbons (Fsp3) is 0.200. The summed E-state index contributed by atoms with van der Waals surface area (Å²) in [5.74, 6) is 0.266. The Morgan fingerprint density at radius 3 is 2.66 bits per heavy atom. The van der Waals surface area contributed by atoms with Gasteiger partial charge in [0.05, 0.1) is 11.3 Å². The summed E-state index contributed by atoms with van der Waals surface area (Å²) in [6.45, 7) is 3.31. The molecular weight excluding hydrogens is 458 g/mol.